The van der Waals surface area contributed by atoms with Crippen LogP contribution in [0.5, 0.6) is 5.75 Å². The number of hydrogen-bond acceptors (Lipinski definition) is 2. The van der Waals surface area contributed by atoms with Gasteiger partial charge in [0.2, 0.25) is 0 Å². The smallest absolute Gasteiger partial charge is 0.123 e. The van der Waals surface area contributed by atoms with E-state index in [1.165, 1.54) is 12.1 Å². The summed E-state index contributed by atoms with van der Waals surface area (Å²) in [6, 6.07) is 13.9. The summed E-state index contributed by atoms with van der Waals surface area (Å²) < 4.78 is 13.1. The maximum Gasteiger partial charge on any atom is 0.123 e. The zero-order chi connectivity index (χ0) is 15.5. The Hall–Kier alpha value is -1.87. The average Bonchev–Trinajstić information content (AvgIpc) is 2.42. The van der Waals surface area contributed by atoms with Crippen LogP contribution in [0, 0.1) is 11.2 Å². The Morgan fingerprint density at radius 2 is 1.57 bits per heavy atom. The number of aromatic hydroxyl groups is 1. The summed E-state index contributed by atoms with van der Waals surface area (Å²) in [5.74, 6) is 0.0506. The Morgan fingerprint density at radius 3 is 2.10 bits per heavy atom. The zero-order valence-electron chi connectivity index (χ0n) is 12.7. The Kier molecular flexibility index (Phi) is 4.63. The number of halogens is 1. The van der Waals surface area contributed by atoms with Crippen molar-refractivity contribution < 1.29 is 9.50 Å². The van der Waals surface area contributed by atoms with Crippen LogP contribution in [0.15, 0.2) is 48.5 Å². The number of hydrogen-bond donors (Lipinski definition) is 2. The van der Waals surface area contributed by atoms with Gasteiger partial charge in [-0.25, -0.2) is 4.39 Å². The fraction of sp³-hybridized carbons (Fsp3) is 0.333. The monoisotopic (exact) mass is 287 g/mol. The summed E-state index contributed by atoms with van der Waals surface area (Å²) in [6.07, 6.45) is 0. The van der Waals surface area contributed by atoms with Gasteiger partial charge in [0.1, 0.15) is 11.6 Å². The molecule has 21 heavy (non-hydrogen) atoms. The molecule has 0 amide bonds. The molecule has 0 aliphatic rings. The maximum atomic E-state index is 13.1. The van der Waals surface area contributed by atoms with Gasteiger partial charge in [0, 0.05) is 12.6 Å². The van der Waals surface area contributed by atoms with E-state index in [2.05, 4.69) is 26.1 Å². The van der Waals surface area contributed by atoms with Crippen molar-refractivity contribution in [3.8, 4) is 5.75 Å². The van der Waals surface area contributed by atoms with E-state index in [4.69, 9.17) is 0 Å². The molecular weight excluding hydrogens is 265 g/mol. The van der Waals surface area contributed by atoms with Crippen LogP contribution in [0.25, 0.3) is 0 Å². The van der Waals surface area contributed by atoms with Crippen molar-refractivity contribution in [2.75, 3.05) is 0 Å². The summed E-state index contributed by atoms with van der Waals surface area (Å²) in [5.41, 5.74) is 2.18. The molecule has 112 valence electrons. The molecule has 2 rings (SSSR count). The fourth-order valence-corrected chi connectivity index (χ4v) is 2.41. The van der Waals surface area contributed by atoms with Crippen molar-refractivity contribution in [1.29, 1.82) is 0 Å². The highest BCUT2D eigenvalue weighted by molar-refractivity contribution is 5.26. The third-order valence-corrected chi connectivity index (χ3v) is 3.52. The second-order valence-corrected chi connectivity index (χ2v) is 6.40. The largest absolute Gasteiger partial charge is 0.508 e. The van der Waals surface area contributed by atoms with Crippen LogP contribution in [0.4, 0.5) is 4.39 Å². The highest BCUT2D eigenvalue weighted by Gasteiger charge is 2.25. The van der Waals surface area contributed by atoms with E-state index >= 15 is 0 Å². The van der Waals surface area contributed by atoms with Gasteiger partial charge in [-0.3, -0.25) is 0 Å². The Balaban J connectivity index is 2.14. The van der Waals surface area contributed by atoms with Gasteiger partial charge in [-0.05, 0) is 40.8 Å². The molecule has 0 spiro atoms. The lowest BCUT2D eigenvalue weighted by molar-refractivity contribution is 0.271. The second-order valence-electron chi connectivity index (χ2n) is 6.40. The number of phenolic OH excluding ortho intramolecular Hbond substituents is 1. The molecule has 0 saturated heterocycles. The van der Waals surface area contributed by atoms with Crippen LogP contribution in [-0.4, -0.2) is 5.11 Å². The molecule has 3 heteroatoms. The number of rotatable bonds is 4. The highest BCUT2D eigenvalue weighted by atomic mass is 19.1. The topological polar surface area (TPSA) is 32.3 Å². The van der Waals surface area contributed by atoms with Crippen molar-refractivity contribution in [1.82, 2.24) is 5.32 Å². The Labute approximate surface area is 125 Å². The van der Waals surface area contributed by atoms with E-state index in [9.17, 15) is 9.50 Å². The molecule has 0 aromatic heterocycles. The second kappa shape index (κ2) is 6.27. The fourth-order valence-electron chi connectivity index (χ4n) is 2.41. The molecule has 2 aromatic carbocycles. The molecule has 0 heterocycles. The van der Waals surface area contributed by atoms with Crippen LogP contribution >= 0.6 is 0 Å². The van der Waals surface area contributed by atoms with E-state index in [-0.39, 0.29) is 23.0 Å². The van der Waals surface area contributed by atoms with Crippen molar-refractivity contribution >= 4 is 0 Å². The SMILES string of the molecule is CC(C)(C)C(NCc1ccc(O)cc1)c1ccc(F)cc1. The minimum Gasteiger partial charge on any atom is -0.508 e. The van der Waals surface area contributed by atoms with E-state index in [0.717, 1.165) is 11.1 Å². The molecular formula is C18H22FNO. The van der Waals surface area contributed by atoms with Crippen molar-refractivity contribution in [2.24, 2.45) is 5.41 Å². The van der Waals surface area contributed by atoms with Crippen LogP contribution in [0.1, 0.15) is 37.9 Å². The van der Waals surface area contributed by atoms with Crippen LogP contribution < -0.4 is 5.32 Å². The molecule has 0 aliphatic heterocycles. The van der Waals surface area contributed by atoms with Gasteiger partial charge in [0.05, 0.1) is 0 Å². The minimum absolute atomic E-state index is 0.00868. The predicted octanol–water partition coefficient (Wildman–Crippen LogP) is 4.41. The highest BCUT2D eigenvalue weighted by Crippen LogP contribution is 2.33. The lowest BCUT2D eigenvalue weighted by atomic mass is 9.82. The quantitative estimate of drug-likeness (QED) is 0.873. The van der Waals surface area contributed by atoms with Gasteiger partial charge >= 0.3 is 0 Å². The van der Waals surface area contributed by atoms with E-state index < -0.39 is 0 Å². The third kappa shape index (κ3) is 4.30. The molecule has 0 saturated carbocycles. The maximum absolute atomic E-state index is 13.1. The van der Waals surface area contributed by atoms with Gasteiger partial charge in [-0.1, -0.05) is 45.0 Å². The number of nitrogens with one attached hydrogen (secondary N) is 1. The van der Waals surface area contributed by atoms with Crippen LogP contribution in [0.3, 0.4) is 0 Å². The molecule has 1 atom stereocenters. The van der Waals surface area contributed by atoms with Crippen LogP contribution in [0.2, 0.25) is 0 Å². The first kappa shape index (κ1) is 15.5. The summed E-state index contributed by atoms with van der Waals surface area (Å²) in [6.45, 7) is 7.17. The molecule has 0 fully saturated rings. The first-order valence-corrected chi connectivity index (χ1v) is 7.13. The Morgan fingerprint density at radius 1 is 1.00 bits per heavy atom. The molecule has 2 nitrogen and oxygen atoms in total. The lowest BCUT2D eigenvalue weighted by Crippen LogP contribution is -2.32. The Bertz CT molecular complexity index is 570. The predicted molar refractivity (Wildman–Crippen MR) is 83.5 cm³/mol. The minimum atomic E-state index is -0.218. The molecule has 1 unspecified atom stereocenters. The summed E-state index contributed by atoms with van der Waals surface area (Å²) in [7, 11) is 0. The molecule has 0 bridgehead atoms. The first-order valence-electron chi connectivity index (χ1n) is 7.13. The van der Waals surface area contributed by atoms with Crippen molar-refractivity contribution in [3.63, 3.8) is 0 Å². The van der Waals surface area contributed by atoms with Gasteiger partial charge in [-0.15, -0.1) is 0 Å². The number of benzene rings is 2. The van der Waals surface area contributed by atoms with Gasteiger partial charge < -0.3 is 10.4 Å². The van der Waals surface area contributed by atoms with Crippen molar-refractivity contribution in [3.05, 3.63) is 65.5 Å². The van der Waals surface area contributed by atoms with Gasteiger partial charge in [0.25, 0.3) is 0 Å². The molecule has 0 aliphatic carbocycles. The normalized spacial score (nSPS) is 13.1. The average molecular weight is 287 g/mol. The lowest BCUT2D eigenvalue weighted by Gasteiger charge is -2.32. The standard InChI is InChI=1S/C18H22FNO/c1-18(2,3)17(14-6-8-15(19)9-7-14)20-12-13-4-10-16(21)11-5-13/h4-11,17,20-21H,12H2,1-3H3. The van der Waals surface area contributed by atoms with Crippen molar-refractivity contribution in [2.45, 2.75) is 33.4 Å². The van der Waals surface area contributed by atoms with Gasteiger partial charge in [-0.2, -0.15) is 0 Å². The van der Waals surface area contributed by atoms with Gasteiger partial charge in [0.15, 0.2) is 0 Å². The first-order chi connectivity index (χ1) is 9.86. The van der Waals surface area contributed by atoms with Crippen LogP contribution in [-0.2, 0) is 6.54 Å². The molecule has 2 aromatic rings. The molecule has 2 N–H and O–H groups in total. The third-order valence-electron chi connectivity index (χ3n) is 3.52. The number of phenols is 1. The molecule has 0 radical (unpaired) electrons. The van der Waals surface area contributed by atoms with E-state index in [0.29, 0.717) is 6.54 Å². The summed E-state index contributed by atoms with van der Waals surface area (Å²) in [4.78, 5) is 0. The van der Waals surface area contributed by atoms with E-state index in [1.54, 1.807) is 12.1 Å². The zero-order valence-corrected chi connectivity index (χ0v) is 12.7. The summed E-state index contributed by atoms with van der Waals surface area (Å²) >= 11 is 0. The summed E-state index contributed by atoms with van der Waals surface area (Å²) in [5, 5.41) is 12.8. The van der Waals surface area contributed by atoms with E-state index in [1.807, 2.05) is 24.3 Å².